The summed E-state index contributed by atoms with van der Waals surface area (Å²) in [5.41, 5.74) is 2.16. The van der Waals surface area contributed by atoms with Crippen LogP contribution in [0.15, 0.2) is 24.4 Å². The fraction of sp³-hybridized carbons (Fsp3) is 0.471. The number of nitrogens with zero attached hydrogens (tertiary/aromatic N) is 1. The molecule has 2 aromatic rings. The van der Waals surface area contributed by atoms with E-state index >= 15 is 0 Å². The third kappa shape index (κ3) is 3.64. The first-order valence-electron chi connectivity index (χ1n) is 7.52. The Hall–Kier alpha value is -1.81. The third-order valence-corrected chi connectivity index (χ3v) is 3.75. The molecule has 0 aliphatic heterocycles. The molecule has 0 aliphatic rings. The summed E-state index contributed by atoms with van der Waals surface area (Å²) in [7, 11) is 2.12. The number of rotatable bonds is 6. The lowest BCUT2D eigenvalue weighted by atomic mass is 10.1. The number of hydrogen-bond acceptors (Lipinski definition) is 3. The molecule has 1 heterocycles. The van der Waals surface area contributed by atoms with E-state index in [4.69, 9.17) is 4.74 Å². The zero-order valence-corrected chi connectivity index (χ0v) is 13.3. The maximum Gasteiger partial charge on any atom is 0.313 e. The van der Waals surface area contributed by atoms with E-state index in [1.165, 1.54) is 5.56 Å². The van der Waals surface area contributed by atoms with Crippen molar-refractivity contribution >= 4 is 16.9 Å². The van der Waals surface area contributed by atoms with Gasteiger partial charge in [-0.15, -0.1) is 0 Å². The zero-order valence-electron chi connectivity index (χ0n) is 13.3. The molecule has 0 saturated carbocycles. The van der Waals surface area contributed by atoms with Crippen LogP contribution in [0.4, 0.5) is 0 Å². The smallest absolute Gasteiger partial charge is 0.313 e. The standard InChI is InChI=1S/C17H24N2O2/c1-5-19(4)10-9-13-11-18-16-14(13)7-6-8-15(16)21-17(20)12(2)3/h6-8,11-12,18H,5,9-10H2,1-4H3. The highest BCUT2D eigenvalue weighted by molar-refractivity contribution is 5.90. The quantitative estimate of drug-likeness (QED) is 0.655. The van der Waals surface area contributed by atoms with Gasteiger partial charge in [-0.1, -0.05) is 32.9 Å². The normalized spacial score (nSPS) is 11.5. The van der Waals surface area contributed by atoms with Crippen molar-refractivity contribution in [3.8, 4) is 5.75 Å². The molecule has 4 nitrogen and oxygen atoms in total. The lowest BCUT2D eigenvalue weighted by Crippen LogP contribution is -2.20. The number of benzene rings is 1. The van der Waals surface area contributed by atoms with E-state index < -0.39 is 0 Å². The Morgan fingerprint density at radius 1 is 1.38 bits per heavy atom. The summed E-state index contributed by atoms with van der Waals surface area (Å²) in [6.07, 6.45) is 2.99. The van der Waals surface area contributed by atoms with Crippen molar-refractivity contribution in [2.45, 2.75) is 27.2 Å². The summed E-state index contributed by atoms with van der Waals surface area (Å²) >= 11 is 0. The van der Waals surface area contributed by atoms with Crippen LogP contribution >= 0.6 is 0 Å². The SMILES string of the molecule is CCN(C)CCc1c[nH]c2c(OC(=O)C(C)C)cccc12. The van der Waals surface area contributed by atoms with Crippen LogP contribution in [0.2, 0.25) is 0 Å². The average molecular weight is 288 g/mol. The van der Waals surface area contributed by atoms with Crippen LogP contribution in [0.25, 0.3) is 10.9 Å². The largest absolute Gasteiger partial charge is 0.424 e. The minimum absolute atomic E-state index is 0.132. The Kier molecular flexibility index (Phi) is 5.02. The van der Waals surface area contributed by atoms with Gasteiger partial charge in [0.1, 0.15) is 0 Å². The van der Waals surface area contributed by atoms with Gasteiger partial charge in [0.05, 0.1) is 11.4 Å². The highest BCUT2D eigenvalue weighted by Gasteiger charge is 2.14. The topological polar surface area (TPSA) is 45.3 Å². The number of likely N-dealkylation sites (N-methyl/N-ethyl adjacent to an activating group) is 1. The fourth-order valence-corrected chi connectivity index (χ4v) is 2.17. The fourth-order valence-electron chi connectivity index (χ4n) is 2.17. The summed E-state index contributed by atoms with van der Waals surface area (Å²) < 4.78 is 5.47. The summed E-state index contributed by atoms with van der Waals surface area (Å²) in [5, 5.41) is 1.13. The second kappa shape index (κ2) is 6.76. The second-order valence-electron chi connectivity index (χ2n) is 5.71. The lowest BCUT2D eigenvalue weighted by Gasteiger charge is -2.12. The van der Waals surface area contributed by atoms with Crippen molar-refractivity contribution in [1.29, 1.82) is 0 Å². The number of carbonyl (C=O) groups excluding carboxylic acids is 1. The van der Waals surface area contributed by atoms with Crippen LogP contribution in [0.5, 0.6) is 5.75 Å². The van der Waals surface area contributed by atoms with Gasteiger partial charge in [-0.3, -0.25) is 4.79 Å². The second-order valence-corrected chi connectivity index (χ2v) is 5.71. The van der Waals surface area contributed by atoms with Crippen molar-refractivity contribution < 1.29 is 9.53 Å². The molecule has 0 spiro atoms. The molecule has 0 amide bonds. The first-order chi connectivity index (χ1) is 10.0. The molecular weight excluding hydrogens is 264 g/mol. The van der Waals surface area contributed by atoms with E-state index in [1.54, 1.807) is 0 Å². The van der Waals surface area contributed by atoms with Gasteiger partial charge >= 0.3 is 5.97 Å². The number of H-pyrrole nitrogens is 1. The number of hydrogen-bond donors (Lipinski definition) is 1. The number of nitrogens with one attached hydrogen (secondary N) is 1. The van der Waals surface area contributed by atoms with Crippen LogP contribution < -0.4 is 4.74 Å². The van der Waals surface area contributed by atoms with Crippen LogP contribution in [0.3, 0.4) is 0 Å². The van der Waals surface area contributed by atoms with Crippen LogP contribution in [-0.4, -0.2) is 36.0 Å². The molecule has 0 unspecified atom stereocenters. The number of carbonyl (C=O) groups is 1. The molecule has 0 bridgehead atoms. The molecule has 114 valence electrons. The van der Waals surface area contributed by atoms with Crippen LogP contribution in [0, 0.1) is 5.92 Å². The molecule has 0 radical (unpaired) electrons. The van der Waals surface area contributed by atoms with Crippen molar-refractivity contribution in [2.24, 2.45) is 5.92 Å². The van der Waals surface area contributed by atoms with Crippen LogP contribution in [-0.2, 0) is 11.2 Å². The molecule has 0 fully saturated rings. The van der Waals surface area contributed by atoms with Gasteiger partial charge in [0, 0.05) is 18.1 Å². The van der Waals surface area contributed by atoms with Gasteiger partial charge in [0.2, 0.25) is 0 Å². The Morgan fingerprint density at radius 3 is 2.81 bits per heavy atom. The summed E-state index contributed by atoms with van der Waals surface area (Å²) in [5.74, 6) is 0.276. The molecule has 2 rings (SSSR count). The van der Waals surface area contributed by atoms with Gasteiger partial charge in [0.15, 0.2) is 5.75 Å². The third-order valence-electron chi connectivity index (χ3n) is 3.75. The van der Waals surface area contributed by atoms with Gasteiger partial charge in [-0.05, 0) is 31.6 Å². The maximum absolute atomic E-state index is 11.8. The highest BCUT2D eigenvalue weighted by atomic mass is 16.5. The number of esters is 1. The minimum atomic E-state index is -0.204. The molecule has 4 heteroatoms. The van der Waals surface area contributed by atoms with Gasteiger partial charge in [-0.25, -0.2) is 0 Å². The number of para-hydroxylation sites is 1. The van der Waals surface area contributed by atoms with E-state index in [9.17, 15) is 4.79 Å². The monoisotopic (exact) mass is 288 g/mol. The molecular formula is C17H24N2O2. The minimum Gasteiger partial charge on any atom is -0.424 e. The number of aromatic amines is 1. The average Bonchev–Trinajstić information content (AvgIpc) is 2.88. The molecule has 1 aromatic carbocycles. The predicted octanol–water partition coefficient (Wildman–Crippen LogP) is 3.22. The number of ether oxygens (including phenoxy) is 1. The van der Waals surface area contributed by atoms with Gasteiger partial charge in [0.25, 0.3) is 0 Å². The molecule has 0 saturated heterocycles. The summed E-state index contributed by atoms with van der Waals surface area (Å²) in [6.45, 7) is 7.88. The molecule has 0 aliphatic carbocycles. The molecule has 0 atom stereocenters. The predicted molar refractivity (Wildman–Crippen MR) is 85.6 cm³/mol. The molecule has 1 N–H and O–H groups in total. The Labute approximate surface area is 126 Å². The van der Waals surface area contributed by atoms with Crippen molar-refractivity contribution in [2.75, 3.05) is 20.1 Å². The first kappa shape index (κ1) is 15.6. The Morgan fingerprint density at radius 2 is 2.14 bits per heavy atom. The van der Waals surface area contributed by atoms with E-state index in [-0.39, 0.29) is 11.9 Å². The van der Waals surface area contributed by atoms with E-state index in [0.717, 1.165) is 30.4 Å². The molecule has 1 aromatic heterocycles. The number of fused-ring (bicyclic) bond motifs is 1. The molecule has 21 heavy (non-hydrogen) atoms. The van der Waals surface area contributed by atoms with Crippen molar-refractivity contribution in [3.63, 3.8) is 0 Å². The van der Waals surface area contributed by atoms with Gasteiger partial charge < -0.3 is 14.6 Å². The van der Waals surface area contributed by atoms with Crippen molar-refractivity contribution in [1.82, 2.24) is 9.88 Å². The van der Waals surface area contributed by atoms with Crippen LogP contribution in [0.1, 0.15) is 26.3 Å². The Balaban J connectivity index is 2.22. The van der Waals surface area contributed by atoms with E-state index in [0.29, 0.717) is 5.75 Å². The van der Waals surface area contributed by atoms with E-state index in [2.05, 4.69) is 29.9 Å². The summed E-state index contributed by atoms with van der Waals surface area (Å²) in [4.78, 5) is 17.3. The maximum atomic E-state index is 11.8. The Bertz CT molecular complexity index is 616. The first-order valence-corrected chi connectivity index (χ1v) is 7.52. The number of aromatic nitrogens is 1. The highest BCUT2D eigenvalue weighted by Crippen LogP contribution is 2.28. The zero-order chi connectivity index (χ0) is 15.4. The van der Waals surface area contributed by atoms with Gasteiger partial charge in [-0.2, -0.15) is 0 Å². The summed E-state index contributed by atoms with van der Waals surface area (Å²) in [6, 6.07) is 5.84. The lowest BCUT2D eigenvalue weighted by molar-refractivity contribution is -0.137. The van der Waals surface area contributed by atoms with Crippen molar-refractivity contribution in [3.05, 3.63) is 30.0 Å². The van der Waals surface area contributed by atoms with E-state index in [1.807, 2.05) is 32.2 Å².